The van der Waals surface area contributed by atoms with Crippen molar-refractivity contribution in [2.24, 2.45) is 5.41 Å². The van der Waals surface area contributed by atoms with Gasteiger partial charge >= 0.3 is 12.1 Å². The average Bonchev–Trinajstić information content (AvgIpc) is 3.43. The molecule has 2 aliphatic rings. The number of benzene rings is 1. The Bertz CT molecular complexity index is 1840. The second-order valence-corrected chi connectivity index (χ2v) is 14.8. The molecule has 3 N–H and O–H groups in total. The van der Waals surface area contributed by atoms with Crippen molar-refractivity contribution in [2.45, 2.75) is 69.7 Å². The zero-order valence-corrected chi connectivity index (χ0v) is 27.1. The second-order valence-electron chi connectivity index (χ2n) is 12.8. The van der Waals surface area contributed by atoms with Gasteiger partial charge in [-0.05, 0) is 73.7 Å². The second kappa shape index (κ2) is 11.7. The van der Waals surface area contributed by atoms with E-state index in [0.29, 0.717) is 48.3 Å². The van der Waals surface area contributed by atoms with E-state index in [0.717, 1.165) is 9.96 Å². The molecule has 0 bridgehead atoms. The number of pyridine rings is 2. The molecule has 4 aromatic rings. The molecule has 1 saturated heterocycles. The molecule has 252 valence electrons. The van der Waals surface area contributed by atoms with Gasteiger partial charge in [0.25, 0.3) is 0 Å². The first-order valence-corrected chi connectivity index (χ1v) is 16.5. The first-order chi connectivity index (χ1) is 22.0. The van der Waals surface area contributed by atoms with Gasteiger partial charge < -0.3 is 14.6 Å². The normalized spacial score (nSPS) is 19.5. The number of aromatic nitrogens is 4. The molecule has 1 fully saturated rings. The number of rotatable bonds is 6. The molecule has 5 heterocycles. The van der Waals surface area contributed by atoms with E-state index in [4.69, 9.17) is 9.47 Å². The number of alkyl halides is 3. The molecule has 0 amide bonds. The SMILES string of the molecule is Cc1ccc(C(c2ccn3c(C(F)(F)F)nnc3c2C)C(C)(C)C(=O)O)cc1CN1CC2(CCOCC2)Oc2ncccc2S1(O)O. The third kappa shape index (κ3) is 5.84. The van der Waals surface area contributed by atoms with E-state index in [2.05, 4.69) is 15.2 Å². The molecule has 11 nitrogen and oxygen atoms in total. The van der Waals surface area contributed by atoms with Crippen molar-refractivity contribution >= 4 is 22.4 Å². The average molecular weight is 676 g/mol. The standard InChI is InChI=1S/C32H36F3N5O6S/c1-19-7-8-21(25(30(3,4)29(41)42)23-9-13-40-26(20(23)2)37-38-28(40)32(33,34)35)16-22(19)17-39-18-31(10-14-45-15-11-31)46-27-24(47(39,43)44)6-5-12-36-27/h5-9,12-13,16,25,43-44H,10-11,14-15,17-18H2,1-4H3,(H,41,42). The van der Waals surface area contributed by atoms with E-state index in [-0.39, 0.29) is 29.5 Å². The van der Waals surface area contributed by atoms with Gasteiger partial charge in [0.15, 0.2) is 5.65 Å². The van der Waals surface area contributed by atoms with Crippen molar-refractivity contribution in [2.75, 3.05) is 19.8 Å². The number of fused-ring (bicyclic) bond motifs is 2. The van der Waals surface area contributed by atoms with E-state index < -0.39 is 45.7 Å². The van der Waals surface area contributed by atoms with Gasteiger partial charge in [-0.3, -0.25) is 18.3 Å². The van der Waals surface area contributed by atoms with Crippen LogP contribution in [-0.4, -0.2) is 69.4 Å². The zero-order chi connectivity index (χ0) is 33.9. The van der Waals surface area contributed by atoms with Crippen LogP contribution in [0, 0.1) is 19.3 Å². The summed E-state index contributed by atoms with van der Waals surface area (Å²) in [5.74, 6) is -2.94. The lowest BCUT2D eigenvalue weighted by molar-refractivity contribution is -0.147. The topological polar surface area (TPSA) is 143 Å². The molecule has 15 heteroatoms. The van der Waals surface area contributed by atoms with Crippen molar-refractivity contribution in [3.05, 3.63) is 82.4 Å². The van der Waals surface area contributed by atoms with Crippen LogP contribution in [0.2, 0.25) is 0 Å². The van der Waals surface area contributed by atoms with Crippen LogP contribution in [-0.2, 0) is 22.3 Å². The molecule has 1 spiro atoms. The highest BCUT2D eigenvalue weighted by molar-refractivity contribution is 8.22. The van der Waals surface area contributed by atoms with Crippen molar-refractivity contribution in [1.82, 2.24) is 23.9 Å². The lowest BCUT2D eigenvalue weighted by Crippen LogP contribution is -2.49. The minimum absolute atomic E-state index is 0.0269. The number of aryl methyl sites for hydroxylation is 2. The van der Waals surface area contributed by atoms with Gasteiger partial charge in [0.1, 0.15) is 10.5 Å². The third-order valence-corrected chi connectivity index (χ3v) is 11.2. The fourth-order valence-electron chi connectivity index (χ4n) is 6.54. The van der Waals surface area contributed by atoms with Gasteiger partial charge in [0.05, 0.1) is 25.2 Å². The van der Waals surface area contributed by atoms with Crippen LogP contribution in [0.1, 0.15) is 66.2 Å². The molecule has 47 heavy (non-hydrogen) atoms. The van der Waals surface area contributed by atoms with Gasteiger partial charge in [-0.15, -0.1) is 21.0 Å². The predicted octanol–water partition coefficient (Wildman–Crippen LogP) is 6.47. The summed E-state index contributed by atoms with van der Waals surface area (Å²) in [4.78, 5) is 17.2. The van der Waals surface area contributed by atoms with Crippen LogP contribution in [0.3, 0.4) is 0 Å². The molecule has 6 rings (SSSR count). The summed E-state index contributed by atoms with van der Waals surface area (Å²) in [6.45, 7) is 7.75. The van der Waals surface area contributed by atoms with Crippen molar-refractivity contribution in [1.29, 1.82) is 0 Å². The predicted molar refractivity (Wildman–Crippen MR) is 166 cm³/mol. The molecule has 0 saturated carbocycles. The molecule has 0 aliphatic carbocycles. The Morgan fingerprint density at radius 3 is 2.51 bits per heavy atom. The van der Waals surface area contributed by atoms with Crippen LogP contribution >= 0.6 is 10.8 Å². The van der Waals surface area contributed by atoms with E-state index >= 15 is 0 Å². The minimum atomic E-state index is -4.73. The fraction of sp³-hybridized carbons (Fsp3) is 0.438. The van der Waals surface area contributed by atoms with E-state index in [1.165, 1.54) is 18.5 Å². The minimum Gasteiger partial charge on any atom is -0.481 e. The number of ether oxygens (including phenoxy) is 2. The quantitative estimate of drug-likeness (QED) is 0.208. The molecular weight excluding hydrogens is 639 g/mol. The van der Waals surface area contributed by atoms with Crippen LogP contribution in [0.4, 0.5) is 13.2 Å². The third-order valence-electron chi connectivity index (χ3n) is 9.33. The summed E-state index contributed by atoms with van der Waals surface area (Å²) in [6, 6.07) is 10.2. The fourth-order valence-corrected chi connectivity index (χ4v) is 8.14. The lowest BCUT2D eigenvalue weighted by Gasteiger charge is -2.44. The Morgan fingerprint density at radius 1 is 1.11 bits per heavy atom. The molecule has 1 atom stereocenters. The molecule has 0 radical (unpaired) electrons. The molecule has 1 unspecified atom stereocenters. The Hall–Kier alpha value is -3.76. The number of carboxylic acid groups (broad SMARTS) is 1. The number of nitrogens with zero attached hydrogens (tertiary/aromatic N) is 5. The Labute approximate surface area is 270 Å². The summed E-state index contributed by atoms with van der Waals surface area (Å²) >= 11 is 0. The van der Waals surface area contributed by atoms with Crippen LogP contribution in [0.15, 0.2) is 53.7 Å². The number of halogens is 3. The summed E-state index contributed by atoms with van der Waals surface area (Å²) in [7, 11) is -3.58. The van der Waals surface area contributed by atoms with Crippen molar-refractivity contribution in [3.63, 3.8) is 0 Å². The summed E-state index contributed by atoms with van der Waals surface area (Å²) in [5, 5.41) is 17.5. The van der Waals surface area contributed by atoms with Crippen LogP contribution in [0.5, 0.6) is 5.88 Å². The Balaban J connectivity index is 1.45. The largest absolute Gasteiger partial charge is 0.481 e. The number of carbonyl (C=O) groups is 1. The zero-order valence-electron chi connectivity index (χ0n) is 26.3. The van der Waals surface area contributed by atoms with Crippen LogP contribution in [0.25, 0.3) is 5.65 Å². The maximum atomic E-state index is 13.6. The number of hydrogen-bond donors (Lipinski definition) is 3. The van der Waals surface area contributed by atoms with E-state index in [9.17, 15) is 32.2 Å². The number of carboxylic acids is 1. The maximum Gasteiger partial charge on any atom is 0.452 e. The van der Waals surface area contributed by atoms with Gasteiger partial charge in [0.2, 0.25) is 11.7 Å². The van der Waals surface area contributed by atoms with Gasteiger partial charge in [0, 0.05) is 37.7 Å². The lowest BCUT2D eigenvalue weighted by atomic mass is 9.70. The molecular formula is C32H36F3N5O6S. The number of hydrogen-bond acceptors (Lipinski definition) is 9. The maximum absolute atomic E-state index is 13.6. The first-order valence-electron chi connectivity index (χ1n) is 15.0. The highest BCUT2D eigenvalue weighted by Crippen LogP contribution is 2.59. The van der Waals surface area contributed by atoms with Gasteiger partial charge in [-0.2, -0.15) is 17.5 Å². The highest BCUT2D eigenvalue weighted by atomic mass is 32.3. The number of aliphatic carboxylic acids is 1. The van der Waals surface area contributed by atoms with Crippen molar-refractivity contribution in [3.8, 4) is 5.88 Å². The summed E-state index contributed by atoms with van der Waals surface area (Å²) in [6.07, 6.45) is -0.940. The van der Waals surface area contributed by atoms with Crippen molar-refractivity contribution < 1.29 is 41.7 Å². The Morgan fingerprint density at radius 2 is 1.83 bits per heavy atom. The summed E-state index contributed by atoms with van der Waals surface area (Å²) in [5.41, 5.74) is 0.749. The first kappa shape index (κ1) is 33.2. The molecule has 3 aromatic heterocycles. The monoisotopic (exact) mass is 675 g/mol. The van der Waals surface area contributed by atoms with Gasteiger partial charge in [-0.25, -0.2) is 4.98 Å². The van der Waals surface area contributed by atoms with E-state index in [1.807, 2.05) is 19.1 Å². The Kier molecular flexibility index (Phi) is 8.28. The van der Waals surface area contributed by atoms with Crippen LogP contribution < -0.4 is 4.74 Å². The van der Waals surface area contributed by atoms with Gasteiger partial charge in [-0.1, -0.05) is 18.2 Å². The smallest absolute Gasteiger partial charge is 0.452 e. The molecule has 2 aliphatic heterocycles. The van der Waals surface area contributed by atoms with E-state index in [1.54, 1.807) is 43.3 Å². The molecule has 1 aromatic carbocycles. The summed E-state index contributed by atoms with van der Waals surface area (Å²) < 4.78 is 78.7. The highest BCUT2D eigenvalue weighted by Gasteiger charge is 2.46.